The molecule has 0 radical (unpaired) electrons. The normalized spacial score (nSPS) is 14.1. The van der Waals surface area contributed by atoms with Crippen LogP contribution in [0.15, 0.2) is 0 Å². The fourth-order valence-corrected chi connectivity index (χ4v) is 2.21. The quantitative estimate of drug-likeness (QED) is 0.556. The number of aliphatic carboxylic acids is 2. The summed E-state index contributed by atoms with van der Waals surface area (Å²) in [4.78, 5) is 22.4. The maximum absolute atomic E-state index is 11.2. The first kappa shape index (κ1) is 16.9. The lowest BCUT2D eigenvalue weighted by molar-refractivity contribution is -0.154. The highest BCUT2D eigenvalue weighted by molar-refractivity contribution is 5.79. The molecule has 0 saturated carbocycles. The van der Waals surface area contributed by atoms with E-state index in [0.29, 0.717) is 12.8 Å². The Hall–Kier alpha value is -1.06. The molecule has 18 heavy (non-hydrogen) atoms. The molecule has 2 N–H and O–H groups in total. The Labute approximate surface area is 109 Å². The van der Waals surface area contributed by atoms with E-state index in [1.54, 1.807) is 0 Å². The van der Waals surface area contributed by atoms with Gasteiger partial charge in [-0.15, -0.1) is 0 Å². The number of rotatable bonds is 11. The van der Waals surface area contributed by atoms with E-state index in [0.717, 1.165) is 38.5 Å². The predicted octanol–water partition coefficient (Wildman–Crippen LogP) is 3.55. The van der Waals surface area contributed by atoms with Crippen molar-refractivity contribution < 1.29 is 19.8 Å². The molecule has 0 amide bonds. The molecule has 0 bridgehead atoms. The van der Waals surface area contributed by atoms with Gasteiger partial charge in [-0.05, 0) is 12.8 Å². The van der Waals surface area contributed by atoms with Gasteiger partial charge in [0.2, 0.25) is 0 Å². The van der Waals surface area contributed by atoms with Gasteiger partial charge in [-0.25, -0.2) is 0 Å². The van der Waals surface area contributed by atoms with Crippen LogP contribution in [0.3, 0.4) is 0 Å². The SMILES string of the molecule is CCCCCCC(C(=O)O)C(CCCC)C(=O)O. The van der Waals surface area contributed by atoms with E-state index < -0.39 is 23.8 Å². The van der Waals surface area contributed by atoms with Crippen molar-refractivity contribution in [2.24, 2.45) is 11.8 Å². The van der Waals surface area contributed by atoms with E-state index in [2.05, 4.69) is 6.92 Å². The van der Waals surface area contributed by atoms with Crippen LogP contribution in [-0.4, -0.2) is 22.2 Å². The lowest BCUT2D eigenvalue weighted by Crippen LogP contribution is -2.30. The third kappa shape index (κ3) is 6.62. The second kappa shape index (κ2) is 9.92. The molecule has 0 aromatic carbocycles. The molecule has 0 heterocycles. The van der Waals surface area contributed by atoms with Crippen molar-refractivity contribution >= 4 is 11.9 Å². The van der Waals surface area contributed by atoms with E-state index in [1.807, 2.05) is 6.92 Å². The molecule has 0 aliphatic carbocycles. The molecule has 4 heteroatoms. The summed E-state index contributed by atoms with van der Waals surface area (Å²) in [6.07, 6.45) is 6.59. The Morgan fingerprint density at radius 3 is 1.61 bits per heavy atom. The monoisotopic (exact) mass is 258 g/mol. The van der Waals surface area contributed by atoms with E-state index >= 15 is 0 Å². The zero-order valence-corrected chi connectivity index (χ0v) is 11.5. The second-order valence-electron chi connectivity index (χ2n) is 4.88. The topological polar surface area (TPSA) is 74.6 Å². The summed E-state index contributed by atoms with van der Waals surface area (Å²) in [5, 5.41) is 18.3. The van der Waals surface area contributed by atoms with Crippen LogP contribution in [0.4, 0.5) is 0 Å². The molecular formula is C14H26O4. The predicted molar refractivity (Wildman–Crippen MR) is 70.5 cm³/mol. The third-order valence-corrected chi connectivity index (χ3v) is 3.36. The van der Waals surface area contributed by atoms with Crippen molar-refractivity contribution in [3.8, 4) is 0 Å². The van der Waals surface area contributed by atoms with Crippen molar-refractivity contribution in [2.45, 2.75) is 65.2 Å². The molecule has 0 aromatic rings. The van der Waals surface area contributed by atoms with Crippen LogP contribution >= 0.6 is 0 Å². The van der Waals surface area contributed by atoms with Crippen molar-refractivity contribution in [1.82, 2.24) is 0 Å². The zero-order chi connectivity index (χ0) is 14.0. The average molecular weight is 258 g/mol. The highest BCUT2D eigenvalue weighted by Crippen LogP contribution is 2.25. The third-order valence-electron chi connectivity index (χ3n) is 3.36. The minimum Gasteiger partial charge on any atom is -0.481 e. The molecule has 0 saturated heterocycles. The van der Waals surface area contributed by atoms with E-state index in [1.165, 1.54) is 0 Å². The van der Waals surface area contributed by atoms with Gasteiger partial charge in [0, 0.05) is 0 Å². The highest BCUT2D eigenvalue weighted by atomic mass is 16.4. The largest absolute Gasteiger partial charge is 0.481 e. The van der Waals surface area contributed by atoms with E-state index in [-0.39, 0.29) is 0 Å². The molecule has 0 aromatic heterocycles. The summed E-state index contributed by atoms with van der Waals surface area (Å²) in [6.45, 7) is 4.08. The van der Waals surface area contributed by atoms with Gasteiger partial charge in [0.1, 0.15) is 0 Å². The van der Waals surface area contributed by atoms with Crippen LogP contribution in [0, 0.1) is 11.8 Å². The molecule has 0 aliphatic rings. The number of carboxylic acid groups (broad SMARTS) is 2. The molecule has 0 spiro atoms. The summed E-state index contributed by atoms with van der Waals surface area (Å²) in [5.41, 5.74) is 0. The Bertz CT molecular complexity index is 250. The van der Waals surface area contributed by atoms with Crippen LogP contribution < -0.4 is 0 Å². The standard InChI is InChI=1S/C14H26O4/c1-3-5-7-8-10-12(14(17)18)11(13(15)16)9-6-4-2/h11-12H,3-10H2,1-2H3,(H,15,16)(H,17,18). The molecule has 2 unspecified atom stereocenters. The van der Waals surface area contributed by atoms with Gasteiger partial charge in [-0.3, -0.25) is 9.59 Å². The summed E-state index contributed by atoms with van der Waals surface area (Å²) < 4.78 is 0. The lowest BCUT2D eigenvalue weighted by Gasteiger charge is -2.20. The Kier molecular flexibility index (Phi) is 9.33. The maximum Gasteiger partial charge on any atom is 0.307 e. The summed E-state index contributed by atoms with van der Waals surface area (Å²) in [5.74, 6) is -3.39. The van der Waals surface area contributed by atoms with Crippen LogP contribution in [0.2, 0.25) is 0 Å². The lowest BCUT2D eigenvalue weighted by atomic mass is 9.84. The zero-order valence-electron chi connectivity index (χ0n) is 11.5. The maximum atomic E-state index is 11.2. The first-order valence-electron chi connectivity index (χ1n) is 7.00. The number of carbonyl (C=O) groups is 2. The Balaban J connectivity index is 4.41. The van der Waals surface area contributed by atoms with Gasteiger partial charge in [0.05, 0.1) is 11.8 Å². The van der Waals surface area contributed by atoms with Crippen LogP contribution in [0.5, 0.6) is 0 Å². The first-order valence-corrected chi connectivity index (χ1v) is 7.00. The summed E-state index contributed by atoms with van der Waals surface area (Å²) in [7, 11) is 0. The van der Waals surface area contributed by atoms with Gasteiger partial charge in [0.15, 0.2) is 0 Å². The van der Waals surface area contributed by atoms with Crippen LogP contribution in [-0.2, 0) is 9.59 Å². The minimum absolute atomic E-state index is 0.469. The van der Waals surface area contributed by atoms with E-state index in [4.69, 9.17) is 5.11 Å². The van der Waals surface area contributed by atoms with E-state index in [9.17, 15) is 14.7 Å². The van der Waals surface area contributed by atoms with Gasteiger partial charge in [-0.2, -0.15) is 0 Å². The molecule has 2 atom stereocenters. The van der Waals surface area contributed by atoms with Gasteiger partial charge in [0.25, 0.3) is 0 Å². The number of unbranched alkanes of at least 4 members (excludes halogenated alkanes) is 4. The minimum atomic E-state index is -0.966. The highest BCUT2D eigenvalue weighted by Gasteiger charge is 2.32. The molecule has 0 rings (SSSR count). The van der Waals surface area contributed by atoms with Gasteiger partial charge >= 0.3 is 11.9 Å². The fourth-order valence-electron chi connectivity index (χ4n) is 2.21. The molecule has 4 nitrogen and oxygen atoms in total. The Morgan fingerprint density at radius 1 is 0.778 bits per heavy atom. The summed E-state index contributed by atoms with van der Waals surface area (Å²) in [6, 6.07) is 0. The fraction of sp³-hybridized carbons (Fsp3) is 0.857. The van der Waals surface area contributed by atoms with Crippen molar-refractivity contribution in [2.75, 3.05) is 0 Å². The van der Waals surface area contributed by atoms with Crippen molar-refractivity contribution in [3.05, 3.63) is 0 Å². The second-order valence-corrected chi connectivity index (χ2v) is 4.88. The molecule has 0 aliphatic heterocycles. The molecular weight excluding hydrogens is 232 g/mol. The smallest absolute Gasteiger partial charge is 0.307 e. The van der Waals surface area contributed by atoms with Crippen molar-refractivity contribution in [3.63, 3.8) is 0 Å². The van der Waals surface area contributed by atoms with Crippen LogP contribution in [0.1, 0.15) is 65.2 Å². The van der Waals surface area contributed by atoms with Gasteiger partial charge in [-0.1, -0.05) is 52.4 Å². The number of carboxylic acids is 2. The number of hydrogen-bond donors (Lipinski definition) is 2. The molecule has 0 fully saturated rings. The Morgan fingerprint density at radius 2 is 1.22 bits per heavy atom. The van der Waals surface area contributed by atoms with Crippen LogP contribution in [0.25, 0.3) is 0 Å². The number of hydrogen-bond acceptors (Lipinski definition) is 2. The van der Waals surface area contributed by atoms with Gasteiger partial charge < -0.3 is 10.2 Å². The molecule has 106 valence electrons. The average Bonchev–Trinajstić information content (AvgIpc) is 2.31. The first-order chi connectivity index (χ1) is 8.54. The van der Waals surface area contributed by atoms with Crippen molar-refractivity contribution in [1.29, 1.82) is 0 Å². The summed E-state index contributed by atoms with van der Waals surface area (Å²) >= 11 is 0.